The van der Waals surface area contributed by atoms with Gasteiger partial charge in [-0.25, -0.2) is 0 Å². The third kappa shape index (κ3) is 5.67. The molecular formula is C7H15BO2. The Hall–Kier alpha value is -0.465. The van der Waals surface area contributed by atoms with E-state index in [1.165, 1.54) is 20.9 Å². The van der Waals surface area contributed by atoms with Gasteiger partial charge in [0.15, 0.2) is 0 Å². The summed E-state index contributed by atoms with van der Waals surface area (Å²) in [5.41, 5.74) is 0. The average molecular weight is 142 g/mol. The van der Waals surface area contributed by atoms with Crippen LogP contribution in [0.5, 0.6) is 0 Å². The molecule has 0 saturated carbocycles. The van der Waals surface area contributed by atoms with Gasteiger partial charge in [0.25, 0.3) is 5.97 Å². The first-order chi connectivity index (χ1) is 4.81. The quantitative estimate of drug-likeness (QED) is 0.423. The Morgan fingerprint density at radius 3 is 2.60 bits per heavy atom. The van der Waals surface area contributed by atoms with E-state index in [0.29, 0.717) is 6.42 Å². The van der Waals surface area contributed by atoms with Gasteiger partial charge in [0.2, 0.25) is 0 Å². The lowest BCUT2D eigenvalue weighted by Gasteiger charge is -1.97. The van der Waals surface area contributed by atoms with Crippen LogP contribution in [0.25, 0.3) is 0 Å². The topological polar surface area (TPSA) is 26.3 Å². The molecule has 0 rings (SSSR count). The van der Waals surface area contributed by atoms with Gasteiger partial charge in [0.1, 0.15) is 0 Å². The molecule has 0 aromatic rings. The van der Waals surface area contributed by atoms with Crippen LogP contribution in [-0.2, 0) is 9.45 Å². The van der Waals surface area contributed by atoms with E-state index in [9.17, 15) is 4.79 Å². The van der Waals surface area contributed by atoms with E-state index in [1.54, 1.807) is 0 Å². The Balaban J connectivity index is 2.96. The standard InChI is InChI=1S/C7H15BO2/c1-2-3-4-5-6-7(9)10-8/h2-6,8H2,1H3. The molecule has 0 aromatic heterocycles. The van der Waals surface area contributed by atoms with Gasteiger partial charge < -0.3 is 4.65 Å². The summed E-state index contributed by atoms with van der Waals surface area (Å²) < 4.78 is 4.49. The van der Waals surface area contributed by atoms with Gasteiger partial charge in [-0.05, 0) is 6.42 Å². The van der Waals surface area contributed by atoms with E-state index in [2.05, 4.69) is 11.6 Å². The van der Waals surface area contributed by atoms with Gasteiger partial charge in [-0.15, -0.1) is 0 Å². The van der Waals surface area contributed by atoms with Crippen LogP contribution in [0.3, 0.4) is 0 Å². The second kappa shape index (κ2) is 6.65. The molecule has 3 heteroatoms. The molecule has 0 aliphatic carbocycles. The van der Waals surface area contributed by atoms with Crippen LogP contribution in [0.15, 0.2) is 0 Å². The number of hydrogen-bond acceptors (Lipinski definition) is 2. The van der Waals surface area contributed by atoms with Crippen molar-refractivity contribution < 1.29 is 9.45 Å². The highest BCUT2D eigenvalue weighted by Gasteiger charge is 1.96. The molecule has 0 fully saturated rings. The average Bonchev–Trinajstić information content (AvgIpc) is 1.98. The molecule has 0 bridgehead atoms. The third-order valence-corrected chi connectivity index (χ3v) is 1.46. The monoisotopic (exact) mass is 142 g/mol. The molecule has 58 valence electrons. The lowest BCUT2D eigenvalue weighted by Crippen LogP contribution is -2.00. The zero-order chi connectivity index (χ0) is 7.82. The molecule has 10 heavy (non-hydrogen) atoms. The van der Waals surface area contributed by atoms with Gasteiger partial charge in [0.05, 0.1) is 0 Å². The highest BCUT2D eigenvalue weighted by Crippen LogP contribution is 2.02. The number of rotatable bonds is 5. The maximum atomic E-state index is 10.6. The van der Waals surface area contributed by atoms with Crippen LogP contribution in [0, 0.1) is 0 Å². The Morgan fingerprint density at radius 1 is 1.40 bits per heavy atom. The molecule has 0 aliphatic heterocycles. The summed E-state index contributed by atoms with van der Waals surface area (Å²) in [5.74, 6) is -0.0869. The molecule has 0 aliphatic rings. The van der Waals surface area contributed by atoms with E-state index >= 15 is 0 Å². The highest BCUT2D eigenvalue weighted by atomic mass is 16.5. The van der Waals surface area contributed by atoms with Crippen LogP contribution in [0.4, 0.5) is 0 Å². The summed E-state index contributed by atoms with van der Waals surface area (Å²) in [7, 11) is 1.43. The number of hydrogen-bond donors (Lipinski definition) is 0. The second-order valence-electron chi connectivity index (χ2n) is 2.39. The number of unbranched alkanes of at least 4 members (excludes halogenated alkanes) is 3. The van der Waals surface area contributed by atoms with Crippen LogP contribution in [-0.4, -0.2) is 14.0 Å². The zero-order valence-corrected chi connectivity index (χ0v) is 6.85. The minimum absolute atomic E-state index is 0.0869. The third-order valence-electron chi connectivity index (χ3n) is 1.46. The molecule has 0 radical (unpaired) electrons. The molecule has 0 N–H and O–H groups in total. The van der Waals surface area contributed by atoms with Crippen molar-refractivity contribution in [2.75, 3.05) is 0 Å². The van der Waals surface area contributed by atoms with Crippen LogP contribution < -0.4 is 0 Å². The molecule has 0 unspecified atom stereocenters. The molecule has 0 aromatic carbocycles. The molecule has 2 nitrogen and oxygen atoms in total. The van der Waals surface area contributed by atoms with Crippen molar-refractivity contribution in [3.05, 3.63) is 0 Å². The largest absolute Gasteiger partial charge is 0.543 e. The molecular weight excluding hydrogens is 127 g/mol. The minimum Gasteiger partial charge on any atom is -0.543 e. The van der Waals surface area contributed by atoms with Crippen molar-refractivity contribution in [3.63, 3.8) is 0 Å². The molecule has 0 amide bonds. The van der Waals surface area contributed by atoms with Crippen LogP contribution in [0.1, 0.15) is 39.0 Å². The summed E-state index contributed by atoms with van der Waals surface area (Å²) in [6.07, 6.45) is 5.13. The fourth-order valence-corrected chi connectivity index (χ4v) is 0.798. The maximum absolute atomic E-state index is 10.6. The van der Waals surface area contributed by atoms with Crippen LogP contribution in [0.2, 0.25) is 0 Å². The Labute approximate surface area is 63.4 Å². The van der Waals surface area contributed by atoms with E-state index in [1.807, 2.05) is 0 Å². The van der Waals surface area contributed by atoms with Crippen molar-refractivity contribution in [3.8, 4) is 0 Å². The summed E-state index contributed by atoms with van der Waals surface area (Å²) in [6, 6.07) is 0. The zero-order valence-electron chi connectivity index (χ0n) is 6.85. The van der Waals surface area contributed by atoms with Gasteiger partial charge >= 0.3 is 8.05 Å². The molecule has 0 atom stereocenters. The number of carbonyl (C=O) groups excluding carboxylic acids is 1. The SMILES string of the molecule is BOC(=O)CCCCCC. The summed E-state index contributed by atoms with van der Waals surface area (Å²) in [6.45, 7) is 2.15. The first-order valence-electron chi connectivity index (χ1n) is 3.88. The van der Waals surface area contributed by atoms with Crippen molar-refractivity contribution in [1.82, 2.24) is 0 Å². The Kier molecular flexibility index (Phi) is 6.34. The molecule has 0 saturated heterocycles. The fourth-order valence-electron chi connectivity index (χ4n) is 0.798. The maximum Gasteiger partial charge on any atom is 0.325 e. The fraction of sp³-hybridized carbons (Fsp3) is 0.857. The van der Waals surface area contributed by atoms with Gasteiger partial charge in [-0.3, -0.25) is 4.79 Å². The number of carbonyl (C=O) groups is 1. The first-order valence-corrected chi connectivity index (χ1v) is 3.88. The Morgan fingerprint density at radius 2 is 2.10 bits per heavy atom. The summed E-state index contributed by atoms with van der Waals surface area (Å²) in [4.78, 5) is 10.6. The normalized spacial score (nSPS) is 9.30. The van der Waals surface area contributed by atoms with E-state index in [4.69, 9.17) is 0 Å². The van der Waals surface area contributed by atoms with Crippen molar-refractivity contribution in [2.24, 2.45) is 0 Å². The lowest BCUT2D eigenvalue weighted by molar-refractivity contribution is -0.134. The minimum atomic E-state index is -0.0869. The summed E-state index contributed by atoms with van der Waals surface area (Å²) >= 11 is 0. The first kappa shape index (κ1) is 9.53. The predicted octanol–water partition coefficient (Wildman–Crippen LogP) is 1.05. The van der Waals surface area contributed by atoms with Crippen molar-refractivity contribution in [2.45, 2.75) is 39.0 Å². The highest BCUT2D eigenvalue weighted by molar-refractivity contribution is 6.05. The molecule has 0 spiro atoms. The van der Waals surface area contributed by atoms with E-state index in [0.717, 1.165) is 12.8 Å². The predicted molar refractivity (Wildman–Crippen MR) is 43.4 cm³/mol. The van der Waals surface area contributed by atoms with Crippen molar-refractivity contribution in [1.29, 1.82) is 0 Å². The van der Waals surface area contributed by atoms with Gasteiger partial charge in [-0.1, -0.05) is 26.2 Å². The smallest absolute Gasteiger partial charge is 0.325 e. The summed E-state index contributed by atoms with van der Waals surface area (Å²) in [5, 5.41) is 0. The molecule has 0 heterocycles. The van der Waals surface area contributed by atoms with Crippen molar-refractivity contribution >= 4 is 14.0 Å². The Bertz CT molecular complexity index is 93.6. The van der Waals surface area contributed by atoms with E-state index in [-0.39, 0.29) is 5.97 Å². The van der Waals surface area contributed by atoms with E-state index < -0.39 is 0 Å². The van der Waals surface area contributed by atoms with Crippen LogP contribution >= 0.6 is 0 Å². The van der Waals surface area contributed by atoms with Gasteiger partial charge in [-0.2, -0.15) is 0 Å². The second-order valence-corrected chi connectivity index (χ2v) is 2.39. The van der Waals surface area contributed by atoms with Gasteiger partial charge in [0, 0.05) is 6.42 Å². The lowest BCUT2D eigenvalue weighted by atomic mass is 10.1.